The average Bonchev–Trinajstić information content (AvgIpc) is 2.47. The Labute approximate surface area is 127 Å². The second-order valence-corrected chi connectivity index (χ2v) is 8.03. The van der Waals surface area contributed by atoms with E-state index in [0.29, 0.717) is 25.6 Å². The Balaban J connectivity index is 2.13. The smallest absolute Gasteiger partial charge is 0.307 e. The number of hydrogen-bond donors (Lipinski definition) is 0. The minimum Gasteiger partial charge on any atom is -0.469 e. The molecule has 0 aliphatic carbocycles. The highest BCUT2D eigenvalue weighted by Crippen LogP contribution is 2.27. The molecule has 0 spiro atoms. The van der Waals surface area contributed by atoms with Gasteiger partial charge < -0.3 is 4.74 Å². The Bertz CT molecular complexity index is 466. The number of esters is 1. The highest BCUT2D eigenvalue weighted by molar-refractivity contribution is 7.86. The minimum absolute atomic E-state index is 0.152. The summed E-state index contributed by atoms with van der Waals surface area (Å²) < 4.78 is 33.6. The quantitative estimate of drug-likeness (QED) is 0.735. The highest BCUT2D eigenvalue weighted by atomic mass is 32.2. The molecule has 2 heterocycles. The number of carbonyl (C=O) groups is 1. The number of piperidine rings is 2. The summed E-state index contributed by atoms with van der Waals surface area (Å²) >= 11 is 0. The zero-order valence-electron chi connectivity index (χ0n) is 13.0. The first-order valence-corrected chi connectivity index (χ1v) is 9.18. The van der Waals surface area contributed by atoms with Crippen molar-refractivity contribution >= 4 is 16.2 Å². The molecule has 0 radical (unpaired) electrons. The van der Waals surface area contributed by atoms with Crippen molar-refractivity contribution in [2.24, 2.45) is 5.92 Å². The molecule has 0 amide bonds. The SMILES string of the molecule is COC(=O)CC1CCCCN1S(=O)(=O)N1CCCC(C)C1. The Kier molecular flexibility index (Phi) is 5.62. The molecule has 2 aliphatic rings. The van der Waals surface area contributed by atoms with Gasteiger partial charge in [0.15, 0.2) is 0 Å². The van der Waals surface area contributed by atoms with E-state index >= 15 is 0 Å². The summed E-state index contributed by atoms with van der Waals surface area (Å²) in [5.41, 5.74) is 0. The van der Waals surface area contributed by atoms with Crippen LogP contribution in [-0.2, 0) is 19.7 Å². The standard InChI is InChI=1S/C14H26N2O4S/c1-12-6-5-8-15(11-12)21(18,19)16-9-4-3-7-13(16)10-14(17)20-2/h12-13H,3-11H2,1-2H3. The Hall–Kier alpha value is -0.660. The van der Waals surface area contributed by atoms with Crippen molar-refractivity contribution in [3.05, 3.63) is 0 Å². The summed E-state index contributed by atoms with van der Waals surface area (Å²) in [6.45, 7) is 3.77. The van der Waals surface area contributed by atoms with Gasteiger partial charge in [0.2, 0.25) is 0 Å². The van der Waals surface area contributed by atoms with Gasteiger partial charge in [0.25, 0.3) is 10.2 Å². The molecule has 0 aromatic heterocycles. The van der Waals surface area contributed by atoms with Crippen molar-refractivity contribution in [2.75, 3.05) is 26.7 Å². The Morgan fingerprint density at radius 2 is 1.95 bits per heavy atom. The third-order valence-electron chi connectivity index (χ3n) is 4.45. The molecule has 2 atom stereocenters. The van der Waals surface area contributed by atoms with Crippen molar-refractivity contribution in [3.63, 3.8) is 0 Å². The molecule has 0 aromatic rings. The maximum absolute atomic E-state index is 12.9. The summed E-state index contributed by atoms with van der Waals surface area (Å²) in [7, 11) is -2.12. The largest absolute Gasteiger partial charge is 0.469 e. The number of rotatable bonds is 4. The van der Waals surface area contributed by atoms with E-state index in [0.717, 1.165) is 32.1 Å². The van der Waals surface area contributed by atoms with Crippen molar-refractivity contribution in [1.29, 1.82) is 0 Å². The molecule has 2 rings (SSSR count). The molecule has 2 unspecified atom stereocenters. The number of nitrogens with zero attached hydrogens (tertiary/aromatic N) is 2. The van der Waals surface area contributed by atoms with Crippen LogP contribution in [0.4, 0.5) is 0 Å². The fourth-order valence-corrected chi connectivity index (χ4v) is 5.28. The van der Waals surface area contributed by atoms with Gasteiger partial charge in [-0.25, -0.2) is 0 Å². The zero-order chi connectivity index (χ0) is 15.5. The van der Waals surface area contributed by atoms with Gasteiger partial charge in [0, 0.05) is 25.7 Å². The Morgan fingerprint density at radius 3 is 2.62 bits per heavy atom. The molecule has 21 heavy (non-hydrogen) atoms. The van der Waals surface area contributed by atoms with Gasteiger partial charge in [0.1, 0.15) is 0 Å². The van der Waals surface area contributed by atoms with E-state index in [9.17, 15) is 13.2 Å². The van der Waals surface area contributed by atoms with Crippen molar-refractivity contribution in [3.8, 4) is 0 Å². The van der Waals surface area contributed by atoms with Gasteiger partial charge in [0.05, 0.1) is 13.5 Å². The monoisotopic (exact) mass is 318 g/mol. The van der Waals surface area contributed by atoms with Crippen LogP contribution in [0.25, 0.3) is 0 Å². The highest BCUT2D eigenvalue weighted by Gasteiger charge is 2.38. The molecule has 7 heteroatoms. The molecule has 2 aliphatic heterocycles. The lowest BCUT2D eigenvalue weighted by molar-refractivity contribution is -0.141. The van der Waals surface area contributed by atoms with Gasteiger partial charge in [-0.3, -0.25) is 4.79 Å². The fourth-order valence-electron chi connectivity index (χ4n) is 3.26. The molecule has 0 N–H and O–H groups in total. The van der Waals surface area contributed by atoms with E-state index in [1.807, 2.05) is 0 Å². The van der Waals surface area contributed by atoms with Crippen LogP contribution in [0, 0.1) is 5.92 Å². The number of hydrogen-bond acceptors (Lipinski definition) is 4. The van der Waals surface area contributed by atoms with Crippen LogP contribution in [0.5, 0.6) is 0 Å². The Morgan fingerprint density at radius 1 is 1.19 bits per heavy atom. The van der Waals surface area contributed by atoms with Crippen LogP contribution in [-0.4, -0.2) is 55.8 Å². The van der Waals surface area contributed by atoms with Crippen molar-refractivity contribution < 1.29 is 17.9 Å². The zero-order valence-corrected chi connectivity index (χ0v) is 13.8. The van der Waals surface area contributed by atoms with E-state index in [1.165, 1.54) is 11.4 Å². The van der Waals surface area contributed by atoms with Crippen LogP contribution >= 0.6 is 0 Å². The average molecular weight is 318 g/mol. The summed E-state index contributed by atoms with van der Waals surface area (Å²) in [4.78, 5) is 11.5. The fraction of sp³-hybridized carbons (Fsp3) is 0.929. The number of ether oxygens (including phenoxy) is 1. The lowest BCUT2D eigenvalue weighted by atomic mass is 10.0. The van der Waals surface area contributed by atoms with Gasteiger partial charge in [-0.15, -0.1) is 0 Å². The van der Waals surface area contributed by atoms with Crippen LogP contribution in [0.3, 0.4) is 0 Å². The summed E-state index contributed by atoms with van der Waals surface area (Å²) in [5, 5.41) is 0. The lowest BCUT2D eigenvalue weighted by Gasteiger charge is -2.39. The first kappa shape index (κ1) is 16.7. The molecule has 2 fully saturated rings. The molecule has 0 aromatic carbocycles. The maximum Gasteiger partial charge on any atom is 0.307 e. The molecule has 122 valence electrons. The number of methoxy groups -OCH3 is 1. The second-order valence-electron chi connectivity index (χ2n) is 6.15. The molecular weight excluding hydrogens is 292 g/mol. The summed E-state index contributed by atoms with van der Waals surface area (Å²) in [6, 6.07) is -0.256. The van der Waals surface area contributed by atoms with Gasteiger partial charge in [-0.1, -0.05) is 13.3 Å². The van der Waals surface area contributed by atoms with Crippen molar-refractivity contribution in [1.82, 2.24) is 8.61 Å². The summed E-state index contributed by atoms with van der Waals surface area (Å²) in [6.07, 6.45) is 4.70. The molecule has 2 saturated heterocycles. The van der Waals surface area contributed by atoms with Crippen molar-refractivity contribution in [2.45, 2.75) is 51.5 Å². The number of carbonyl (C=O) groups excluding carboxylic acids is 1. The van der Waals surface area contributed by atoms with Gasteiger partial charge in [-0.05, 0) is 31.6 Å². The minimum atomic E-state index is -3.46. The van der Waals surface area contributed by atoms with E-state index in [-0.39, 0.29) is 18.4 Å². The van der Waals surface area contributed by atoms with Crippen LogP contribution in [0.1, 0.15) is 45.4 Å². The maximum atomic E-state index is 12.9. The van der Waals surface area contributed by atoms with Gasteiger partial charge >= 0.3 is 5.97 Å². The molecule has 0 bridgehead atoms. The second kappa shape index (κ2) is 7.07. The third kappa shape index (κ3) is 3.96. The third-order valence-corrected chi connectivity index (χ3v) is 6.50. The summed E-state index contributed by atoms with van der Waals surface area (Å²) in [5.74, 6) is 0.0616. The van der Waals surface area contributed by atoms with E-state index in [4.69, 9.17) is 4.74 Å². The van der Waals surface area contributed by atoms with Crippen LogP contribution in [0.2, 0.25) is 0 Å². The predicted octanol–water partition coefficient (Wildman–Crippen LogP) is 1.38. The molecular formula is C14H26N2O4S. The molecule has 6 nitrogen and oxygen atoms in total. The molecule has 0 saturated carbocycles. The van der Waals surface area contributed by atoms with Crippen LogP contribution in [0.15, 0.2) is 0 Å². The van der Waals surface area contributed by atoms with E-state index in [2.05, 4.69) is 6.92 Å². The predicted molar refractivity (Wildman–Crippen MR) is 79.9 cm³/mol. The topological polar surface area (TPSA) is 66.9 Å². The lowest BCUT2D eigenvalue weighted by Crippen LogP contribution is -2.53. The van der Waals surface area contributed by atoms with Gasteiger partial charge in [-0.2, -0.15) is 17.0 Å². The first-order valence-electron chi connectivity index (χ1n) is 7.79. The van der Waals surface area contributed by atoms with E-state index < -0.39 is 10.2 Å². The van der Waals surface area contributed by atoms with Crippen LogP contribution < -0.4 is 0 Å². The normalized spacial score (nSPS) is 29.2. The van der Waals surface area contributed by atoms with E-state index in [1.54, 1.807) is 4.31 Å². The first-order chi connectivity index (χ1) is 9.95.